The zero-order chi connectivity index (χ0) is 8.43. The van der Waals surface area contributed by atoms with Crippen LogP contribution in [0.2, 0.25) is 0 Å². The lowest BCUT2D eigenvalue weighted by atomic mass is 10.3. The van der Waals surface area contributed by atoms with E-state index in [0.29, 0.717) is 5.75 Å². The molecule has 1 rings (SSSR count). The van der Waals surface area contributed by atoms with Crippen LogP contribution in [-0.2, 0) is 0 Å². The molecule has 0 aliphatic carbocycles. The number of phenols is 1. The fraction of sp³-hybridized carbons (Fsp3) is 0.143. The zero-order valence-electron chi connectivity index (χ0n) is 5.77. The maximum Gasteiger partial charge on any atom is 0.161 e. The van der Waals surface area contributed by atoms with Gasteiger partial charge in [-0.15, -0.1) is 0 Å². The summed E-state index contributed by atoms with van der Waals surface area (Å²) in [5, 5.41) is 9.24. The molecule has 0 saturated heterocycles. The Morgan fingerprint density at radius 1 is 1.27 bits per heavy atom. The number of benzene rings is 1. The highest BCUT2D eigenvalue weighted by Crippen LogP contribution is 2.34. The summed E-state index contributed by atoms with van der Waals surface area (Å²) in [6, 6.07) is 3.27. The minimum absolute atomic E-state index is 0.127. The van der Waals surface area contributed by atoms with E-state index >= 15 is 0 Å². The van der Waals surface area contributed by atoms with E-state index in [1.165, 1.54) is 7.11 Å². The van der Waals surface area contributed by atoms with Gasteiger partial charge in [0.05, 0.1) is 7.11 Å². The van der Waals surface area contributed by atoms with E-state index in [0.717, 1.165) is 8.95 Å². The van der Waals surface area contributed by atoms with Gasteiger partial charge >= 0.3 is 0 Å². The van der Waals surface area contributed by atoms with E-state index in [-0.39, 0.29) is 5.75 Å². The SMILES string of the molecule is COc1cc(Br)c(Br)cc1O. The molecule has 4 heteroatoms. The topological polar surface area (TPSA) is 29.5 Å². The molecule has 0 heterocycles. The molecule has 0 aliphatic heterocycles. The summed E-state index contributed by atoms with van der Waals surface area (Å²) in [5.41, 5.74) is 0. The molecule has 0 aliphatic rings. The average molecular weight is 282 g/mol. The molecular formula is C7H6Br2O2. The Labute approximate surface area is 81.4 Å². The molecular weight excluding hydrogens is 276 g/mol. The lowest BCUT2D eigenvalue weighted by Crippen LogP contribution is -1.83. The first-order valence-corrected chi connectivity index (χ1v) is 4.45. The second-order valence-electron chi connectivity index (χ2n) is 1.94. The van der Waals surface area contributed by atoms with Crippen LogP contribution in [0.25, 0.3) is 0 Å². The molecule has 0 saturated carbocycles. The van der Waals surface area contributed by atoms with Crippen LogP contribution >= 0.6 is 31.9 Å². The molecule has 0 radical (unpaired) electrons. The first-order valence-electron chi connectivity index (χ1n) is 2.87. The van der Waals surface area contributed by atoms with Crippen molar-refractivity contribution in [2.24, 2.45) is 0 Å². The number of halogens is 2. The number of rotatable bonds is 1. The van der Waals surface area contributed by atoms with Gasteiger partial charge < -0.3 is 9.84 Å². The van der Waals surface area contributed by atoms with Gasteiger partial charge in [-0.1, -0.05) is 0 Å². The lowest BCUT2D eigenvalue weighted by molar-refractivity contribution is 0.373. The molecule has 1 aromatic rings. The summed E-state index contributed by atoms with van der Waals surface area (Å²) >= 11 is 6.53. The summed E-state index contributed by atoms with van der Waals surface area (Å²) in [4.78, 5) is 0. The highest BCUT2D eigenvalue weighted by atomic mass is 79.9. The van der Waals surface area contributed by atoms with Crippen molar-refractivity contribution < 1.29 is 9.84 Å². The van der Waals surface area contributed by atoms with Gasteiger partial charge in [0.1, 0.15) is 0 Å². The predicted octanol–water partition coefficient (Wildman–Crippen LogP) is 2.93. The quantitative estimate of drug-likeness (QED) is 0.858. The Bertz CT molecular complexity index is 273. The minimum Gasteiger partial charge on any atom is -0.504 e. The van der Waals surface area contributed by atoms with Gasteiger partial charge in [0.15, 0.2) is 11.5 Å². The van der Waals surface area contributed by atoms with E-state index in [1.54, 1.807) is 12.1 Å². The first-order chi connectivity index (χ1) is 5.15. The molecule has 1 aromatic carbocycles. The largest absolute Gasteiger partial charge is 0.504 e. The van der Waals surface area contributed by atoms with Crippen LogP contribution in [0.4, 0.5) is 0 Å². The molecule has 0 aromatic heterocycles. The third-order valence-electron chi connectivity index (χ3n) is 1.22. The van der Waals surface area contributed by atoms with Crippen LogP contribution in [-0.4, -0.2) is 12.2 Å². The van der Waals surface area contributed by atoms with Crippen molar-refractivity contribution in [2.45, 2.75) is 0 Å². The molecule has 60 valence electrons. The Morgan fingerprint density at radius 3 is 2.36 bits per heavy atom. The maximum absolute atomic E-state index is 9.24. The lowest BCUT2D eigenvalue weighted by Gasteiger charge is -2.04. The molecule has 0 unspecified atom stereocenters. The Kier molecular flexibility index (Phi) is 2.78. The van der Waals surface area contributed by atoms with Gasteiger partial charge in [-0.2, -0.15) is 0 Å². The number of hydrogen-bond acceptors (Lipinski definition) is 2. The highest BCUT2D eigenvalue weighted by Gasteiger charge is 2.04. The van der Waals surface area contributed by atoms with Crippen molar-refractivity contribution in [1.29, 1.82) is 0 Å². The average Bonchev–Trinajstić information content (AvgIpc) is 1.97. The van der Waals surface area contributed by atoms with Crippen molar-refractivity contribution in [3.63, 3.8) is 0 Å². The first kappa shape index (κ1) is 8.87. The zero-order valence-corrected chi connectivity index (χ0v) is 8.94. The number of aromatic hydroxyl groups is 1. The van der Waals surface area contributed by atoms with Crippen LogP contribution in [0.3, 0.4) is 0 Å². The summed E-state index contributed by atoms with van der Waals surface area (Å²) < 4.78 is 6.54. The van der Waals surface area contributed by atoms with E-state index in [9.17, 15) is 5.11 Å². The van der Waals surface area contributed by atoms with Crippen LogP contribution in [0.5, 0.6) is 11.5 Å². The van der Waals surface area contributed by atoms with Gasteiger partial charge in [0, 0.05) is 8.95 Å². The van der Waals surface area contributed by atoms with Crippen molar-refractivity contribution >= 4 is 31.9 Å². The Hall–Kier alpha value is -0.220. The standard InChI is InChI=1S/C7H6Br2O2/c1-11-7-3-5(9)4(8)2-6(7)10/h2-3,10H,1H3. The summed E-state index contributed by atoms with van der Waals surface area (Å²) in [6.07, 6.45) is 0. The van der Waals surface area contributed by atoms with Crippen molar-refractivity contribution in [3.05, 3.63) is 21.1 Å². The third kappa shape index (κ3) is 1.87. The second-order valence-corrected chi connectivity index (χ2v) is 3.65. The predicted molar refractivity (Wildman–Crippen MR) is 50.1 cm³/mol. The number of ether oxygens (including phenoxy) is 1. The molecule has 0 bridgehead atoms. The smallest absolute Gasteiger partial charge is 0.161 e. The monoisotopic (exact) mass is 280 g/mol. The molecule has 2 nitrogen and oxygen atoms in total. The third-order valence-corrected chi connectivity index (χ3v) is 3.07. The number of hydrogen-bond donors (Lipinski definition) is 1. The molecule has 0 amide bonds. The normalized spacial score (nSPS) is 9.73. The van der Waals surface area contributed by atoms with Crippen LogP contribution in [0.15, 0.2) is 21.1 Å². The highest BCUT2D eigenvalue weighted by molar-refractivity contribution is 9.13. The summed E-state index contributed by atoms with van der Waals surface area (Å²) in [7, 11) is 1.51. The van der Waals surface area contributed by atoms with E-state index in [4.69, 9.17) is 4.74 Å². The van der Waals surface area contributed by atoms with Crippen molar-refractivity contribution in [3.8, 4) is 11.5 Å². The molecule has 0 fully saturated rings. The molecule has 1 N–H and O–H groups in total. The maximum atomic E-state index is 9.24. The molecule has 11 heavy (non-hydrogen) atoms. The van der Waals surface area contributed by atoms with Gasteiger partial charge in [-0.3, -0.25) is 0 Å². The Balaban J connectivity index is 3.21. The minimum atomic E-state index is 0.127. The van der Waals surface area contributed by atoms with Crippen molar-refractivity contribution in [2.75, 3.05) is 7.11 Å². The molecule has 0 atom stereocenters. The van der Waals surface area contributed by atoms with Crippen LogP contribution < -0.4 is 4.74 Å². The summed E-state index contributed by atoms with van der Waals surface area (Å²) in [6.45, 7) is 0. The van der Waals surface area contributed by atoms with Gasteiger partial charge in [0.2, 0.25) is 0 Å². The number of phenolic OH excluding ortho intramolecular Hbond substituents is 1. The van der Waals surface area contributed by atoms with E-state index in [2.05, 4.69) is 31.9 Å². The number of methoxy groups -OCH3 is 1. The van der Waals surface area contributed by atoms with Gasteiger partial charge in [-0.05, 0) is 44.0 Å². The Morgan fingerprint density at radius 2 is 1.82 bits per heavy atom. The fourth-order valence-electron chi connectivity index (χ4n) is 0.682. The second kappa shape index (κ2) is 3.45. The van der Waals surface area contributed by atoms with Crippen LogP contribution in [0, 0.1) is 0 Å². The van der Waals surface area contributed by atoms with E-state index in [1.807, 2.05) is 0 Å². The van der Waals surface area contributed by atoms with Crippen molar-refractivity contribution in [1.82, 2.24) is 0 Å². The summed E-state index contributed by atoms with van der Waals surface area (Å²) in [5.74, 6) is 0.586. The molecule has 0 spiro atoms. The van der Waals surface area contributed by atoms with E-state index < -0.39 is 0 Å². The fourth-order valence-corrected chi connectivity index (χ4v) is 1.34. The van der Waals surface area contributed by atoms with Crippen LogP contribution in [0.1, 0.15) is 0 Å². The van der Waals surface area contributed by atoms with Gasteiger partial charge in [-0.25, -0.2) is 0 Å². The van der Waals surface area contributed by atoms with Gasteiger partial charge in [0.25, 0.3) is 0 Å².